The molecule has 23 heavy (non-hydrogen) atoms. The standard InChI is InChI=1S/C18H26N2O3/c1-14(21)20-10-9-19(16-7-11-23-12-8-16)13-18(20)15-3-5-17(22-2)6-4-15/h3-6,16,18H,7-13H2,1-2H3. The molecule has 2 aliphatic heterocycles. The van der Waals surface area contributed by atoms with E-state index in [4.69, 9.17) is 9.47 Å². The largest absolute Gasteiger partial charge is 0.497 e. The molecule has 126 valence electrons. The van der Waals surface area contributed by atoms with Crippen LogP contribution in [-0.2, 0) is 9.53 Å². The third-order valence-corrected chi connectivity index (χ3v) is 5.02. The van der Waals surface area contributed by atoms with E-state index in [2.05, 4.69) is 17.0 Å². The average Bonchev–Trinajstić information content (AvgIpc) is 2.62. The number of carbonyl (C=O) groups excluding carboxylic acids is 1. The van der Waals surface area contributed by atoms with Crippen LogP contribution in [-0.4, -0.2) is 61.7 Å². The van der Waals surface area contributed by atoms with E-state index in [1.54, 1.807) is 14.0 Å². The first-order valence-corrected chi connectivity index (χ1v) is 8.42. The Labute approximate surface area is 138 Å². The van der Waals surface area contributed by atoms with Gasteiger partial charge in [-0.2, -0.15) is 0 Å². The van der Waals surface area contributed by atoms with E-state index >= 15 is 0 Å². The van der Waals surface area contributed by atoms with Gasteiger partial charge in [-0.1, -0.05) is 12.1 Å². The van der Waals surface area contributed by atoms with Gasteiger partial charge in [0.1, 0.15) is 5.75 Å². The Bertz CT molecular complexity index is 526. The van der Waals surface area contributed by atoms with Gasteiger partial charge < -0.3 is 14.4 Å². The number of piperazine rings is 1. The molecule has 1 aromatic carbocycles. The van der Waals surface area contributed by atoms with Crippen molar-refractivity contribution in [2.24, 2.45) is 0 Å². The Morgan fingerprint density at radius 2 is 1.87 bits per heavy atom. The van der Waals surface area contributed by atoms with Gasteiger partial charge in [0.05, 0.1) is 13.2 Å². The van der Waals surface area contributed by atoms with Gasteiger partial charge in [0.15, 0.2) is 0 Å². The van der Waals surface area contributed by atoms with Crippen molar-refractivity contribution in [3.63, 3.8) is 0 Å². The molecule has 0 N–H and O–H groups in total. The molecule has 0 saturated carbocycles. The van der Waals surface area contributed by atoms with Crippen molar-refractivity contribution in [1.82, 2.24) is 9.80 Å². The Balaban J connectivity index is 1.77. The fourth-order valence-corrected chi connectivity index (χ4v) is 3.67. The number of methoxy groups -OCH3 is 1. The topological polar surface area (TPSA) is 42.0 Å². The van der Waals surface area contributed by atoms with Crippen LogP contribution < -0.4 is 4.74 Å². The zero-order valence-corrected chi connectivity index (χ0v) is 14.0. The number of nitrogens with zero attached hydrogens (tertiary/aromatic N) is 2. The summed E-state index contributed by atoms with van der Waals surface area (Å²) in [5, 5.41) is 0. The Hall–Kier alpha value is -1.59. The van der Waals surface area contributed by atoms with Crippen molar-refractivity contribution in [1.29, 1.82) is 0 Å². The summed E-state index contributed by atoms with van der Waals surface area (Å²) in [6.45, 7) is 6.02. The summed E-state index contributed by atoms with van der Waals surface area (Å²) in [6.07, 6.45) is 2.19. The van der Waals surface area contributed by atoms with Crippen molar-refractivity contribution >= 4 is 5.91 Å². The summed E-state index contributed by atoms with van der Waals surface area (Å²) < 4.78 is 10.7. The maximum atomic E-state index is 12.1. The second-order valence-corrected chi connectivity index (χ2v) is 6.34. The van der Waals surface area contributed by atoms with Gasteiger partial charge in [0.25, 0.3) is 0 Å². The molecular formula is C18H26N2O3. The number of hydrogen-bond donors (Lipinski definition) is 0. The molecule has 2 heterocycles. The number of rotatable bonds is 3. The summed E-state index contributed by atoms with van der Waals surface area (Å²) in [7, 11) is 1.67. The smallest absolute Gasteiger partial charge is 0.220 e. The van der Waals surface area contributed by atoms with Crippen molar-refractivity contribution in [3.05, 3.63) is 29.8 Å². The minimum atomic E-state index is 0.120. The maximum Gasteiger partial charge on any atom is 0.220 e. The summed E-state index contributed by atoms with van der Waals surface area (Å²) in [4.78, 5) is 16.6. The first kappa shape index (κ1) is 16.3. The molecule has 0 aliphatic carbocycles. The Morgan fingerprint density at radius 1 is 1.17 bits per heavy atom. The van der Waals surface area contributed by atoms with Crippen LogP contribution >= 0.6 is 0 Å². The van der Waals surface area contributed by atoms with E-state index in [9.17, 15) is 4.79 Å². The van der Waals surface area contributed by atoms with Crippen LogP contribution in [0.4, 0.5) is 0 Å². The second kappa shape index (κ2) is 7.32. The number of benzene rings is 1. The highest BCUT2D eigenvalue weighted by Crippen LogP contribution is 2.29. The first-order chi connectivity index (χ1) is 11.2. The van der Waals surface area contributed by atoms with Crippen LogP contribution in [0.15, 0.2) is 24.3 Å². The molecule has 2 saturated heterocycles. The Kier molecular flexibility index (Phi) is 5.18. The SMILES string of the molecule is COc1ccc(C2CN(C3CCOCC3)CCN2C(C)=O)cc1. The predicted molar refractivity (Wildman–Crippen MR) is 88.5 cm³/mol. The first-order valence-electron chi connectivity index (χ1n) is 8.42. The van der Waals surface area contributed by atoms with Crippen molar-refractivity contribution < 1.29 is 14.3 Å². The van der Waals surface area contributed by atoms with Gasteiger partial charge in [-0.15, -0.1) is 0 Å². The van der Waals surface area contributed by atoms with E-state index in [-0.39, 0.29) is 11.9 Å². The lowest BCUT2D eigenvalue weighted by Crippen LogP contribution is -2.54. The molecule has 5 heteroatoms. The highest BCUT2D eigenvalue weighted by Gasteiger charge is 2.33. The monoisotopic (exact) mass is 318 g/mol. The van der Waals surface area contributed by atoms with E-state index in [1.807, 2.05) is 17.0 Å². The summed E-state index contributed by atoms with van der Waals surface area (Å²) in [5.74, 6) is 0.998. The summed E-state index contributed by atoms with van der Waals surface area (Å²) in [6, 6.07) is 8.80. The van der Waals surface area contributed by atoms with Crippen LogP contribution in [0.1, 0.15) is 31.4 Å². The van der Waals surface area contributed by atoms with Crippen molar-refractivity contribution in [2.75, 3.05) is 40.0 Å². The fourth-order valence-electron chi connectivity index (χ4n) is 3.67. The average molecular weight is 318 g/mol. The number of hydrogen-bond acceptors (Lipinski definition) is 4. The molecule has 2 fully saturated rings. The molecule has 0 aromatic heterocycles. The molecule has 1 aromatic rings. The number of amides is 1. The second-order valence-electron chi connectivity index (χ2n) is 6.34. The van der Waals surface area contributed by atoms with Crippen LogP contribution in [0.3, 0.4) is 0 Å². The lowest BCUT2D eigenvalue weighted by Gasteiger charge is -2.45. The lowest BCUT2D eigenvalue weighted by atomic mass is 9.98. The van der Waals surface area contributed by atoms with Gasteiger partial charge in [0.2, 0.25) is 5.91 Å². The molecule has 0 radical (unpaired) electrons. The number of carbonyl (C=O) groups is 1. The molecule has 3 rings (SSSR count). The minimum absolute atomic E-state index is 0.120. The van der Waals surface area contributed by atoms with E-state index < -0.39 is 0 Å². The Morgan fingerprint density at radius 3 is 2.48 bits per heavy atom. The zero-order chi connectivity index (χ0) is 16.2. The molecule has 1 atom stereocenters. The van der Waals surface area contributed by atoms with Crippen LogP contribution in [0.2, 0.25) is 0 Å². The van der Waals surface area contributed by atoms with Gasteiger partial charge in [0, 0.05) is 45.8 Å². The number of ether oxygens (including phenoxy) is 2. The van der Waals surface area contributed by atoms with E-state index in [0.717, 1.165) is 51.4 Å². The van der Waals surface area contributed by atoms with Gasteiger partial charge in [-0.3, -0.25) is 9.69 Å². The lowest BCUT2D eigenvalue weighted by molar-refractivity contribution is -0.135. The highest BCUT2D eigenvalue weighted by atomic mass is 16.5. The highest BCUT2D eigenvalue weighted by molar-refractivity contribution is 5.74. The van der Waals surface area contributed by atoms with Crippen molar-refractivity contribution in [2.45, 2.75) is 31.8 Å². The van der Waals surface area contributed by atoms with Crippen LogP contribution in [0.25, 0.3) is 0 Å². The molecule has 0 spiro atoms. The molecule has 1 unspecified atom stereocenters. The normalized spacial score (nSPS) is 23.7. The molecular weight excluding hydrogens is 292 g/mol. The summed E-state index contributed by atoms with van der Waals surface area (Å²) in [5.41, 5.74) is 1.18. The van der Waals surface area contributed by atoms with Crippen LogP contribution in [0.5, 0.6) is 5.75 Å². The van der Waals surface area contributed by atoms with Crippen LogP contribution in [0, 0.1) is 0 Å². The van der Waals surface area contributed by atoms with E-state index in [0.29, 0.717) is 6.04 Å². The van der Waals surface area contributed by atoms with E-state index in [1.165, 1.54) is 5.56 Å². The molecule has 5 nitrogen and oxygen atoms in total. The van der Waals surface area contributed by atoms with Gasteiger partial charge in [-0.25, -0.2) is 0 Å². The maximum absolute atomic E-state index is 12.1. The third kappa shape index (κ3) is 3.67. The molecule has 2 aliphatic rings. The minimum Gasteiger partial charge on any atom is -0.497 e. The third-order valence-electron chi connectivity index (χ3n) is 5.02. The zero-order valence-electron chi connectivity index (χ0n) is 14.0. The van der Waals surface area contributed by atoms with Crippen molar-refractivity contribution in [3.8, 4) is 5.75 Å². The predicted octanol–water partition coefficient (Wildman–Crippen LogP) is 2.08. The fraction of sp³-hybridized carbons (Fsp3) is 0.611. The quantitative estimate of drug-likeness (QED) is 0.856. The summed E-state index contributed by atoms with van der Waals surface area (Å²) >= 11 is 0. The molecule has 0 bridgehead atoms. The van der Waals surface area contributed by atoms with Gasteiger partial charge >= 0.3 is 0 Å². The molecule has 1 amide bonds. The van der Waals surface area contributed by atoms with Gasteiger partial charge in [-0.05, 0) is 30.5 Å².